The fourth-order valence-electron chi connectivity index (χ4n) is 4.38. The van der Waals surface area contributed by atoms with Crippen LogP contribution in [0.2, 0.25) is 0 Å². The molecule has 2 unspecified atom stereocenters. The van der Waals surface area contributed by atoms with Crippen LogP contribution in [0, 0.1) is 22.2 Å². The number of carbonyl (C=O) groups is 1. The molecule has 0 radical (unpaired) electrons. The molecule has 2 saturated carbocycles. The van der Waals surface area contributed by atoms with Crippen molar-refractivity contribution in [2.24, 2.45) is 27.3 Å². The highest BCUT2D eigenvalue weighted by atomic mass is 16.7. The molecule has 2 fully saturated rings. The maximum atomic E-state index is 12.3. The maximum Gasteiger partial charge on any atom is 0.340 e. The average molecular weight is 370 g/mol. The molecular formula is C23H31NO3. The summed E-state index contributed by atoms with van der Waals surface area (Å²) >= 11 is 0. The third kappa shape index (κ3) is 3.19. The molecule has 146 valence electrons. The standard InChI is InChI=1S/C23H31NO3/c1-21(2,3)20(25)27-24-19-17(14-15-8-10-16(26-7)11-9-15)18-12-13-23(19,6)22(18,4)5/h8-11,14,18H,12-13H2,1-7H3/b17-14+,24-19-. The van der Waals surface area contributed by atoms with Crippen LogP contribution in [0.5, 0.6) is 5.75 Å². The number of fused-ring (bicyclic) bond motifs is 2. The van der Waals surface area contributed by atoms with E-state index in [1.807, 2.05) is 45.0 Å². The number of hydrogen-bond donors (Lipinski definition) is 0. The SMILES string of the molecule is COc1ccc(/C=C2/C(=N/OC(=O)C(C)(C)C)C3(C)CCC2C3(C)C)cc1. The van der Waals surface area contributed by atoms with Crippen molar-refractivity contribution in [3.05, 3.63) is 35.4 Å². The molecule has 2 aliphatic carbocycles. The zero-order valence-corrected chi connectivity index (χ0v) is 17.6. The Labute approximate surface area is 162 Å². The summed E-state index contributed by atoms with van der Waals surface area (Å²) in [7, 11) is 1.67. The second-order valence-electron chi connectivity index (χ2n) is 9.59. The van der Waals surface area contributed by atoms with E-state index in [1.54, 1.807) is 7.11 Å². The van der Waals surface area contributed by atoms with Gasteiger partial charge in [-0.25, -0.2) is 4.79 Å². The molecule has 0 amide bonds. The molecule has 2 aliphatic rings. The van der Waals surface area contributed by atoms with E-state index in [4.69, 9.17) is 9.57 Å². The third-order valence-electron chi connectivity index (χ3n) is 6.67. The number of ether oxygens (including phenoxy) is 1. The van der Waals surface area contributed by atoms with Crippen LogP contribution < -0.4 is 4.74 Å². The molecule has 1 aromatic carbocycles. The fraction of sp³-hybridized carbons (Fsp3) is 0.565. The lowest BCUT2D eigenvalue weighted by Crippen LogP contribution is -2.33. The quantitative estimate of drug-likeness (QED) is 0.523. The summed E-state index contributed by atoms with van der Waals surface area (Å²) in [4.78, 5) is 17.7. The van der Waals surface area contributed by atoms with E-state index >= 15 is 0 Å². The summed E-state index contributed by atoms with van der Waals surface area (Å²) in [6.07, 6.45) is 4.40. The molecule has 0 N–H and O–H groups in total. The van der Waals surface area contributed by atoms with Crippen molar-refractivity contribution in [3.63, 3.8) is 0 Å². The molecule has 4 heteroatoms. The lowest BCUT2D eigenvalue weighted by molar-refractivity contribution is -0.153. The van der Waals surface area contributed by atoms with E-state index in [9.17, 15) is 4.79 Å². The summed E-state index contributed by atoms with van der Waals surface area (Å²) < 4.78 is 5.25. The molecule has 0 aliphatic heterocycles. The molecule has 0 saturated heterocycles. The van der Waals surface area contributed by atoms with E-state index < -0.39 is 5.41 Å². The van der Waals surface area contributed by atoms with Crippen LogP contribution in [0.4, 0.5) is 0 Å². The van der Waals surface area contributed by atoms with Gasteiger partial charge in [0.05, 0.1) is 18.2 Å². The zero-order valence-electron chi connectivity index (χ0n) is 17.6. The van der Waals surface area contributed by atoms with Crippen molar-refractivity contribution in [1.82, 2.24) is 0 Å². The number of carbonyl (C=O) groups excluding carboxylic acids is 1. The van der Waals surface area contributed by atoms with E-state index in [0.717, 1.165) is 29.9 Å². The lowest BCUT2D eigenvalue weighted by atomic mass is 9.70. The van der Waals surface area contributed by atoms with Gasteiger partial charge in [0.15, 0.2) is 0 Å². The largest absolute Gasteiger partial charge is 0.497 e. The first-order chi connectivity index (χ1) is 12.5. The van der Waals surface area contributed by atoms with Crippen LogP contribution in [0.3, 0.4) is 0 Å². The van der Waals surface area contributed by atoms with Gasteiger partial charge in [-0.2, -0.15) is 0 Å². The normalized spacial score (nSPS) is 29.4. The second-order valence-corrected chi connectivity index (χ2v) is 9.59. The van der Waals surface area contributed by atoms with Crippen LogP contribution in [0.25, 0.3) is 6.08 Å². The van der Waals surface area contributed by atoms with Gasteiger partial charge in [0.25, 0.3) is 0 Å². The van der Waals surface area contributed by atoms with Crippen LogP contribution in [0.15, 0.2) is 35.0 Å². The molecule has 2 bridgehead atoms. The molecule has 4 nitrogen and oxygen atoms in total. The number of hydrogen-bond acceptors (Lipinski definition) is 4. The van der Waals surface area contributed by atoms with Gasteiger partial charge < -0.3 is 9.57 Å². The van der Waals surface area contributed by atoms with E-state index in [-0.39, 0.29) is 16.8 Å². The zero-order chi connectivity index (χ0) is 20.0. The lowest BCUT2D eigenvalue weighted by Gasteiger charge is -2.33. The Morgan fingerprint density at radius 3 is 2.37 bits per heavy atom. The van der Waals surface area contributed by atoms with Crippen LogP contribution in [-0.2, 0) is 9.63 Å². The van der Waals surface area contributed by atoms with Gasteiger partial charge in [-0.1, -0.05) is 38.1 Å². The second kappa shape index (κ2) is 6.50. The van der Waals surface area contributed by atoms with Crippen molar-refractivity contribution in [2.75, 3.05) is 7.11 Å². The number of methoxy groups -OCH3 is 1. The Morgan fingerprint density at radius 2 is 1.81 bits per heavy atom. The van der Waals surface area contributed by atoms with Crippen molar-refractivity contribution >= 4 is 17.8 Å². The average Bonchev–Trinajstić information content (AvgIpc) is 2.91. The highest BCUT2D eigenvalue weighted by molar-refractivity contribution is 6.11. The summed E-state index contributed by atoms with van der Waals surface area (Å²) in [5.41, 5.74) is 2.65. The fourth-order valence-corrected chi connectivity index (χ4v) is 4.38. The van der Waals surface area contributed by atoms with E-state index in [2.05, 4.69) is 32.0 Å². The molecular weight excluding hydrogens is 338 g/mol. The van der Waals surface area contributed by atoms with Crippen LogP contribution >= 0.6 is 0 Å². The van der Waals surface area contributed by atoms with E-state index in [0.29, 0.717) is 5.92 Å². The van der Waals surface area contributed by atoms with Gasteiger partial charge in [0, 0.05) is 5.41 Å². The Kier molecular flexibility index (Phi) is 4.73. The van der Waals surface area contributed by atoms with Gasteiger partial charge in [0.2, 0.25) is 0 Å². The summed E-state index contributed by atoms with van der Waals surface area (Å²) in [5, 5.41) is 4.43. The Bertz CT molecular complexity index is 796. The van der Waals surface area contributed by atoms with E-state index in [1.165, 1.54) is 5.57 Å². The van der Waals surface area contributed by atoms with Gasteiger partial charge in [0.1, 0.15) is 5.75 Å². The topological polar surface area (TPSA) is 47.9 Å². The predicted molar refractivity (Wildman–Crippen MR) is 109 cm³/mol. The molecule has 1 aromatic rings. The number of benzene rings is 1. The number of oxime groups is 1. The Balaban J connectivity index is 2.01. The van der Waals surface area contributed by atoms with Crippen molar-refractivity contribution in [2.45, 2.75) is 54.4 Å². The van der Waals surface area contributed by atoms with Crippen molar-refractivity contribution in [1.29, 1.82) is 0 Å². The van der Waals surface area contributed by atoms with Crippen molar-refractivity contribution < 1.29 is 14.4 Å². The predicted octanol–water partition coefficient (Wildman–Crippen LogP) is 5.48. The molecule has 0 heterocycles. The Morgan fingerprint density at radius 1 is 1.19 bits per heavy atom. The monoisotopic (exact) mass is 369 g/mol. The minimum absolute atomic E-state index is 0.0816. The first-order valence-electron chi connectivity index (χ1n) is 9.66. The first-order valence-corrected chi connectivity index (χ1v) is 9.66. The summed E-state index contributed by atoms with van der Waals surface area (Å²) in [6.45, 7) is 12.4. The highest BCUT2D eigenvalue weighted by Gasteiger charge is 2.63. The summed E-state index contributed by atoms with van der Waals surface area (Å²) in [6, 6.07) is 8.02. The highest BCUT2D eigenvalue weighted by Crippen LogP contribution is 2.66. The van der Waals surface area contributed by atoms with Crippen molar-refractivity contribution in [3.8, 4) is 5.75 Å². The minimum Gasteiger partial charge on any atom is -0.497 e. The van der Waals surface area contributed by atoms with Gasteiger partial charge in [-0.3, -0.25) is 0 Å². The van der Waals surface area contributed by atoms with Gasteiger partial charge >= 0.3 is 5.97 Å². The minimum atomic E-state index is -0.571. The summed E-state index contributed by atoms with van der Waals surface area (Å²) in [5.74, 6) is 0.949. The molecule has 0 spiro atoms. The maximum absolute atomic E-state index is 12.3. The van der Waals surface area contributed by atoms with Gasteiger partial charge in [-0.05, 0) is 74.3 Å². The first kappa shape index (κ1) is 19.7. The molecule has 27 heavy (non-hydrogen) atoms. The number of allylic oxidation sites excluding steroid dienone is 1. The van der Waals surface area contributed by atoms with Crippen LogP contribution in [0.1, 0.15) is 59.9 Å². The smallest absolute Gasteiger partial charge is 0.340 e. The Hall–Kier alpha value is -2.10. The molecule has 0 aromatic heterocycles. The van der Waals surface area contributed by atoms with Crippen LogP contribution in [-0.4, -0.2) is 18.8 Å². The molecule has 2 atom stereocenters. The third-order valence-corrected chi connectivity index (χ3v) is 6.67. The number of rotatable bonds is 3. The number of nitrogens with zero attached hydrogens (tertiary/aromatic N) is 1. The molecule has 3 rings (SSSR count). The van der Waals surface area contributed by atoms with Gasteiger partial charge in [-0.15, -0.1) is 0 Å².